The highest BCUT2D eigenvalue weighted by Gasteiger charge is 2.32. The Balaban J connectivity index is 1.80. The maximum atomic E-state index is 12.4. The highest BCUT2D eigenvalue weighted by molar-refractivity contribution is 9.10. The SMILES string of the molecule is O=C1C(=Cc2ccc(-c3ccccc3Br)o2)SC(=S)N1CCS(=O)(=O)O. The summed E-state index contributed by atoms with van der Waals surface area (Å²) in [4.78, 5) is 13.9. The van der Waals surface area contributed by atoms with E-state index < -0.39 is 21.8 Å². The van der Waals surface area contributed by atoms with Crippen LogP contribution in [-0.4, -0.2) is 40.4 Å². The van der Waals surface area contributed by atoms with E-state index in [0.717, 1.165) is 26.7 Å². The third kappa shape index (κ3) is 4.44. The monoisotopic (exact) mass is 473 g/mol. The highest BCUT2D eigenvalue weighted by atomic mass is 79.9. The van der Waals surface area contributed by atoms with Crippen LogP contribution in [0.1, 0.15) is 5.76 Å². The third-order valence-electron chi connectivity index (χ3n) is 3.49. The van der Waals surface area contributed by atoms with Crippen LogP contribution in [0.25, 0.3) is 17.4 Å². The van der Waals surface area contributed by atoms with Crippen molar-refractivity contribution in [3.63, 3.8) is 0 Å². The first-order valence-electron chi connectivity index (χ1n) is 7.30. The van der Waals surface area contributed by atoms with Crippen LogP contribution in [-0.2, 0) is 14.9 Å². The molecule has 1 aliphatic rings. The van der Waals surface area contributed by atoms with E-state index in [2.05, 4.69) is 15.9 Å². The van der Waals surface area contributed by atoms with Crippen LogP contribution in [0, 0.1) is 0 Å². The van der Waals surface area contributed by atoms with Crippen molar-refractivity contribution in [1.82, 2.24) is 4.90 Å². The number of carbonyl (C=O) groups excluding carboxylic acids is 1. The zero-order valence-electron chi connectivity index (χ0n) is 13.1. The Labute approximate surface area is 168 Å². The number of hydrogen-bond donors (Lipinski definition) is 1. The summed E-state index contributed by atoms with van der Waals surface area (Å²) < 4.78 is 37.5. The first-order chi connectivity index (χ1) is 12.2. The first kappa shape index (κ1) is 19.3. The molecule has 0 radical (unpaired) electrons. The van der Waals surface area contributed by atoms with E-state index in [1.165, 1.54) is 0 Å². The topological polar surface area (TPSA) is 87.8 Å². The molecule has 1 aromatic carbocycles. The van der Waals surface area contributed by atoms with Gasteiger partial charge in [-0.2, -0.15) is 8.42 Å². The van der Waals surface area contributed by atoms with Crippen molar-refractivity contribution in [2.75, 3.05) is 12.3 Å². The lowest BCUT2D eigenvalue weighted by Gasteiger charge is -2.12. The van der Waals surface area contributed by atoms with Crippen LogP contribution in [0.5, 0.6) is 0 Å². The van der Waals surface area contributed by atoms with Crippen LogP contribution >= 0.6 is 39.9 Å². The minimum atomic E-state index is -4.17. The van der Waals surface area contributed by atoms with Gasteiger partial charge in [0.05, 0.1) is 10.7 Å². The zero-order valence-corrected chi connectivity index (χ0v) is 17.1. The van der Waals surface area contributed by atoms with Crippen molar-refractivity contribution >= 4 is 66.3 Å². The van der Waals surface area contributed by atoms with Crippen molar-refractivity contribution in [1.29, 1.82) is 0 Å². The standard InChI is InChI=1S/C16H12BrNO5S3/c17-12-4-2-1-3-11(12)13-6-5-10(23-13)9-14-15(19)18(16(24)25-14)7-8-26(20,21)22/h1-6,9H,7-8H2,(H,20,21,22). The maximum absolute atomic E-state index is 12.4. The zero-order chi connectivity index (χ0) is 18.9. The molecule has 1 aromatic heterocycles. The largest absolute Gasteiger partial charge is 0.457 e. The molecule has 136 valence electrons. The van der Waals surface area contributed by atoms with Gasteiger partial charge in [-0.3, -0.25) is 14.2 Å². The molecule has 26 heavy (non-hydrogen) atoms. The molecule has 0 spiro atoms. The van der Waals surface area contributed by atoms with Crippen LogP contribution in [0.15, 0.2) is 50.2 Å². The highest BCUT2D eigenvalue weighted by Crippen LogP contribution is 2.34. The Kier molecular flexibility index (Phi) is 5.68. The quantitative estimate of drug-likeness (QED) is 0.401. The molecule has 2 heterocycles. The van der Waals surface area contributed by atoms with Crippen LogP contribution in [0.4, 0.5) is 0 Å². The molecule has 10 heteroatoms. The number of amides is 1. The van der Waals surface area contributed by atoms with E-state index in [0.29, 0.717) is 16.4 Å². The summed E-state index contributed by atoms with van der Waals surface area (Å²) in [6, 6.07) is 11.1. The Morgan fingerprint density at radius 1 is 1.27 bits per heavy atom. The van der Waals surface area contributed by atoms with Gasteiger partial charge in [0.25, 0.3) is 16.0 Å². The lowest BCUT2D eigenvalue weighted by atomic mass is 10.2. The van der Waals surface area contributed by atoms with Crippen LogP contribution in [0.3, 0.4) is 0 Å². The van der Waals surface area contributed by atoms with Crippen LogP contribution < -0.4 is 0 Å². The van der Waals surface area contributed by atoms with Gasteiger partial charge >= 0.3 is 0 Å². The number of halogens is 1. The number of carbonyl (C=O) groups is 1. The van der Waals surface area contributed by atoms with Gasteiger partial charge in [-0.15, -0.1) is 0 Å². The molecule has 0 aliphatic carbocycles. The molecule has 1 fully saturated rings. The van der Waals surface area contributed by atoms with Gasteiger partial charge in [0.15, 0.2) is 0 Å². The average Bonchev–Trinajstić information content (AvgIpc) is 3.11. The van der Waals surface area contributed by atoms with E-state index >= 15 is 0 Å². The lowest BCUT2D eigenvalue weighted by molar-refractivity contribution is -0.121. The van der Waals surface area contributed by atoms with E-state index in [4.69, 9.17) is 21.2 Å². The smallest absolute Gasteiger partial charge is 0.266 e. The summed E-state index contributed by atoms with van der Waals surface area (Å²) in [6.45, 7) is -0.193. The van der Waals surface area contributed by atoms with Crippen molar-refractivity contribution in [2.24, 2.45) is 0 Å². The summed E-state index contributed by atoms with van der Waals surface area (Å²) in [5.74, 6) is 0.138. The number of thiocarbonyl (C=S) groups is 1. The lowest BCUT2D eigenvalue weighted by Crippen LogP contribution is -2.32. The molecule has 0 bridgehead atoms. The number of furan rings is 1. The van der Waals surface area contributed by atoms with Crippen molar-refractivity contribution in [2.45, 2.75) is 0 Å². The van der Waals surface area contributed by atoms with Gasteiger partial charge in [0, 0.05) is 22.7 Å². The second-order valence-corrected chi connectivity index (χ2v) is 9.40. The summed E-state index contributed by atoms with van der Waals surface area (Å²) in [6.07, 6.45) is 1.56. The van der Waals surface area contributed by atoms with E-state index in [-0.39, 0.29) is 10.9 Å². The predicted molar refractivity (Wildman–Crippen MR) is 108 cm³/mol. The number of benzene rings is 1. The first-order valence-corrected chi connectivity index (χ1v) is 10.9. The van der Waals surface area contributed by atoms with Gasteiger partial charge in [0.2, 0.25) is 0 Å². The Bertz CT molecular complexity index is 1010. The molecular weight excluding hydrogens is 462 g/mol. The summed E-state index contributed by atoms with van der Waals surface area (Å²) in [7, 11) is -4.17. The maximum Gasteiger partial charge on any atom is 0.266 e. The normalized spacial score (nSPS) is 16.7. The third-order valence-corrected chi connectivity index (χ3v) is 6.25. The molecule has 1 N–H and O–H groups in total. The second-order valence-electron chi connectivity index (χ2n) is 5.30. The summed E-state index contributed by atoms with van der Waals surface area (Å²) in [5, 5.41) is 0. The molecule has 3 rings (SSSR count). The van der Waals surface area contributed by atoms with E-state index in [9.17, 15) is 13.2 Å². The number of rotatable bonds is 5. The number of thioether (sulfide) groups is 1. The number of nitrogens with zero attached hydrogens (tertiary/aromatic N) is 1. The van der Waals surface area contributed by atoms with Crippen molar-refractivity contribution in [3.05, 3.63) is 51.5 Å². The minimum Gasteiger partial charge on any atom is -0.457 e. The molecule has 0 atom stereocenters. The minimum absolute atomic E-state index is 0.193. The van der Waals surface area contributed by atoms with Crippen molar-refractivity contribution in [3.8, 4) is 11.3 Å². The molecule has 6 nitrogen and oxygen atoms in total. The molecule has 1 saturated heterocycles. The predicted octanol–water partition coefficient (Wildman–Crippen LogP) is 3.80. The molecule has 0 saturated carbocycles. The second kappa shape index (κ2) is 7.65. The Morgan fingerprint density at radius 3 is 2.69 bits per heavy atom. The Hall–Kier alpha value is -1.46. The van der Waals surface area contributed by atoms with Gasteiger partial charge in [0.1, 0.15) is 15.8 Å². The van der Waals surface area contributed by atoms with Gasteiger partial charge in [-0.1, -0.05) is 58.1 Å². The molecule has 2 aromatic rings. The van der Waals surface area contributed by atoms with E-state index in [1.807, 2.05) is 24.3 Å². The fraction of sp³-hybridized carbons (Fsp3) is 0.125. The van der Waals surface area contributed by atoms with Crippen LogP contribution in [0.2, 0.25) is 0 Å². The van der Waals surface area contributed by atoms with Crippen molar-refractivity contribution < 1.29 is 22.2 Å². The fourth-order valence-electron chi connectivity index (χ4n) is 2.26. The van der Waals surface area contributed by atoms with Gasteiger partial charge in [-0.05, 0) is 18.2 Å². The molecular formula is C16H12BrNO5S3. The van der Waals surface area contributed by atoms with Gasteiger partial charge in [-0.25, -0.2) is 0 Å². The molecule has 0 unspecified atom stereocenters. The molecule has 1 aliphatic heterocycles. The fourth-order valence-corrected chi connectivity index (χ4v) is 4.45. The Morgan fingerprint density at radius 2 is 2.00 bits per heavy atom. The van der Waals surface area contributed by atoms with Gasteiger partial charge < -0.3 is 4.42 Å². The number of hydrogen-bond acceptors (Lipinski definition) is 6. The average molecular weight is 474 g/mol. The van der Waals surface area contributed by atoms with E-state index in [1.54, 1.807) is 18.2 Å². The molecule has 1 amide bonds. The summed E-state index contributed by atoms with van der Waals surface area (Å²) in [5.41, 5.74) is 0.882. The summed E-state index contributed by atoms with van der Waals surface area (Å²) >= 11 is 9.63.